The maximum Gasteiger partial charge on any atom is 0.509 e. The minimum absolute atomic E-state index is 0.00112. The Morgan fingerprint density at radius 2 is 1.38 bits per heavy atom. The Hall–Kier alpha value is -3.55. The van der Waals surface area contributed by atoms with Gasteiger partial charge in [0.15, 0.2) is 12.2 Å². The summed E-state index contributed by atoms with van der Waals surface area (Å²) in [5.41, 5.74) is 1.57. The summed E-state index contributed by atoms with van der Waals surface area (Å²) < 4.78 is 22.1. The molecule has 0 saturated carbocycles. The summed E-state index contributed by atoms with van der Waals surface area (Å²) in [4.78, 5) is 39.2. The van der Waals surface area contributed by atoms with Gasteiger partial charge in [-0.05, 0) is 64.7 Å². The van der Waals surface area contributed by atoms with Gasteiger partial charge in [0.1, 0.15) is 11.2 Å². The van der Waals surface area contributed by atoms with Crippen molar-refractivity contribution >= 4 is 18.2 Å². The smallest absolute Gasteiger partial charge is 0.456 e. The van der Waals surface area contributed by atoms with Crippen molar-refractivity contribution in [2.75, 3.05) is 6.54 Å². The zero-order chi connectivity index (χ0) is 27.4. The third-order valence-corrected chi connectivity index (χ3v) is 5.60. The molecule has 1 heterocycles. The van der Waals surface area contributed by atoms with E-state index in [0.717, 1.165) is 16.7 Å². The van der Waals surface area contributed by atoms with Crippen molar-refractivity contribution in [2.45, 2.75) is 84.3 Å². The van der Waals surface area contributed by atoms with Crippen LogP contribution in [-0.4, -0.2) is 59.1 Å². The van der Waals surface area contributed by atoms with Gasteiger partial charge in [-0.1, -0.05) is 54.6 Å². The van der Waals surface area contributed by atoms with E-state index < -0.39 is 47.7 Å². The molecule has 0 bridgehead atoms. The molecule has 1 aliphatic rings. The number of likely N-dealkylation sites (tertiary alicyclic amines) is 1. The van der Waals surface area contributed by atoms with E-state index in [9.17, 15) is 14.4 Å². The average molecular weight is 512 g/mol. The highest BCUT2D eigenvalue weighted by atomic mass is 16.7. The second-order valence-corrected chi connectivity index (χ2v) is 11.2. The van der Waals surface area contributed by atoms with Crippen LogP contribution in [0.3, 0.4) is 0 Å². The third-order valence-electron chi connectivity index (χ3n) is 5.60. The lowest BCUT2D eigenvalue weighted by Gasteiger charge is -2.30. The Morgan fingerprint density at radius 3 is 1.92 bits per heavy atom. The first kappa shape index (κ1) is 28.0. The molecule has 37 heavy (non-hydrogen) atoms. The van der Waals surface area contributed by atoms with Gasteiger partial charge in [-0.2, -0.15) is 0 Å². The van der Waals surface area contributed by atoms with Gasteiger partial charge in [0.25, 0.3) is 0 Å². The number of hydrogen-bond acceptors (Lipinski definition) is 7. The summed E-state index contributed by atoms with van der Waals surface area (Å²) in [5, 5.41) is 0. The number of ether oxygens (including phenoxy) is 4. The van der Waals surface area contributed by atoms with Gasteiger partial charge in [-0.15, -0.1) is 0 Å². The number of benzene rings is 2. The molecule has 1 aliphatic heterocycles. The van der Waals surface area contributed by atoms with Crippen LogP contribution in [0.4, 0.5) is 9.59 Å². The Labute approximate surface area is 218 Å². The first-order valence-corrected chi connectivity index (χ1v) is 12.4. The molecule has 3 atom stereocenters. The first-order chi connectivity index (χ1) is 17.2. The van der Waals surface area contributed by atoms with Gasteiger partial charge in [0.2, 0.25) is 0 Å². The number of rotatable bonds is 5. The van der Waals surface area contributed by atoms with E-state index in [1.807, 2.05) is 54.6 Å². The van der Waals surface area contributed by atoms with Crippen LogP contribution in [0.15, 0.2) is 54.6 Å². The zero-order valence-electron chi connectivity index (χ0n) is 22.6. The predicted octanol–water partition coefficient (Wildman–Crippen LogP) is 5.77. The topological polar surface area (TPSA) is 91.4 Å². The lowest BCUT2D eigenvalue weighted by atomic mass is 9.98. The van der Waals surface area contributed by atoms with E-state index in [-0.39, 0.29) is 6.54 Å². The van der Waals surface area contributed by atoms with Crippen molar-refractivity contribution in [3.05, 3.63) is 60.2 Å². The minimum atomic E-state index is -0.917. The van der Waals surface area contributed by atoms with Gasteiger partial charge >= 0.3 is 18.2 Å². The summed E-state index contributed by atoms with van der Waals surface area (Å²) in [6.07, 6.45) is -2.93. The molecule has 1 fully saturated rings. The number of amides is 1. The Morgan fingerprint density at radius 1 is 0.811 bits per heavy atom. The van der Waals surface area contributed by atoms with Crippen molar-refractivity contribution in [1.29, 1.82) is 0 Å². The van der Waals surface area contributed by atoms with E-state index >= 15 is 0 Å². The number of esters is 1. The van der Waals surface area contributed by atoms with Crippen molar-refractivity contribution < 1.29 is 33.3 Å². The fourth-order valence-corrected chi connectivity index (χ4v) is 4.17. The van der Waals surface area contributed by atoms with Gasteiger partial charge in [0.05, 0.1) is 12.6 Å². The molecule has 8 heteroatoms. The highest BCUT2D eigenvalue weighted by Gasteiger charge is 2.49. The number of hydrogen-bond donors (Lipinski definition) is 0. The molecule has 2 aromatic carbocycles. The minimum Gasteiger partial charge on any atom is -0.456 e. The van der Waals surface area contributed by atoms with Crippen LogP contribution in [0.25, 0.3) is 11.1 Å². The lowest BCUT2D eigenvalue weighted by molar-refractivity contribution is -0.153. The predicted molar refractivity (Wildman–Crippen MR) is 139 cm³/mol. The molecule has 0 aromatic heterocycles. The van der Waals surface area contributed by atoms with E-state index in [1.54, 1.807) is 41.5 Å². The Bertz CT molecular complexity index is 1080. The van der Waals surface area contributed by atoms with Crippen molar-refractivity contribution in [3.63, 3.8) is 0 Å². The number of nitrogens with zero attached hydrogens (tertiary/aromatic N) is 1. The van der Waals surface area contributed by atoms with Gasteiger partial charge in [0, 0.05) is 6.92 Å². The quantitative estimate of drug-likeness (QED) is 0.372. The molecule has 200 valence electrons. The van der Waals surface area contributed by atoms with Crippen molar-refractivity contribution in [1.82, 2.24) is 4.90 Å². The van der Waals surface area contributed by atoms with Gasteiger partial charge < -0.3 is 18.9 Å². The average Bonchev–Trinajstić information content (AvgIpc) is 3.08. The second-order valence-electron chi connectivity index (χ2n) is 11.2. The van der Waals surface area contributed by atoms with Crippen molar-refractivity contribution in [2.24, 2.45) is 0 Å². The second kappa shape index (κ2) is 11.2. The molecule has 3 rings (SSSR count). The van der Waals surface area contributed by atoms with Gasteiger partial charge in [-0.25, -0.2) is 9.59 Å². The van der Waals surface area contributed by atoms with Crippen LogP contribution < -0.4 is 0 Å². The molecule has 0 unspecified atom stereocenters. The first-order valence-electron chi connectivity index (χ1n) is 12.4. The molecule has 0 aliphatic carbocycles. The van der Waals surface area contributed by atoms with E-state index in [4.69, 9.17) is 18.9 Å². The van der Waals surface area contributed by atoms with Crippen LogP contribution in [-0.2, 0) is 30.2 Å². The van der Waals surface area contributed by atoms with Crippen LogP contribution >= 0.6 is 0 Å². The van der Waals surface area contributed by atoms with Gasteiger partial charge in [-0.3, -0.25) is 9.69 Å². The van der Waals surface area contributed by atoms with Crippen LogP contribution in [0.5, 0.6) is 0 Å². The van der Waals surface area contributed by atoms with Crippen LogP contribution in [0.2, 0.25) is 0 Å². The highest BCUT2D eigenvalue weighted by Crippen LogP contribution is 2.30. The fraction of sp³-hybridized carbons (Fsp3) is 0.483. The SMILES string of the molecule is CC(=O)O[C@@H]1[C@@H](OC(=O)OC(C)(C)C)CN(C(=O)OC(C)(C)C)[C@@H]1Cc1ccc(-c2ccccc2)cc1. The number of carbonyl (C=O) groups is 3. The molecule has 1 amide bonds. The summed E-state index contributed by atoms with van der Waals surface area (Å²) >= 11 is 0. The van der Waals surface area contributed by atoms with E-state index in [1.165, 1.54) is 11.8 Å². The largest absolute Gasteiger partial charge is 0.509 e. The fourth-order valence-electron chi connectivity index (χ4n) is 4.17. The van der Waals surface area contributed by atoms with Crippen LogP contribution in [0.1, 0.15) is 54.0 Å². The summed E-state index contributed by atoms with van der Waals surface area (Å²) in [5.74, 6) is -0.543. The Balaban J connectivity index is 1.89. The lowest BCUT2D eigenvalue weighted by Crippen LogP contribution is -2.45. The summed E-state index contributed by atoms with van der Waals surface area (Å²) in [7, 11) is 0. The maximum atomic E-state index is 13.2. The normalized spacial score (nSPS) is 19.8. The van der Waals surface area contributed by atoms with Crippen molar-refractivity contribution in [3.8, 4) is 11.1 Å². The molecule has 8 nitrogen and oxygen atoms in total. The molecule has 1 saturated heterocycles. The molecule has 0 radical (unpaired) electrons. The summed E-state index contributed by atoms with van der Waals surface area (Å²) in [6.45, 7) is 11.8. The third kappa shape index (κ3) is 8.23. The molecule has 0 N–H and O–H groups in total. The van der Waals surface area contributed by atoms with Crippen LogP contribution in [0, 0.1) is 0 Å². The van der Waals surface area contributed by atoms with E-state index in [2.05, 4.69) is 0 Å². The molecular formula is C29H37NO7. The molecular weight excluding hydrogens is 474 g/mol. The molecule has 2 aromatic rings. The highest BCUT2D eigenvalue weighted by molar-refractivity contribution is 5.71. The Kier molecular flexibility index (Phi) is 8.51. The number of carbonyl (C=O) groups excluding carboxylic acids is 3. The molecule has 0 spiro atoms. The maximum absolute atomic E-state index is 13.2. The summed E-state index contributed by atoms with van der Waals surface area (Å²) in [6, 6.07) is 17.3. The zero-order valence-corrected chi connectivity index (χ0v) is 22.6. The standard InChI is InChI=1S/C29H37NO7/c1-19(31)34-25-23(17-20-13-15-22(16-14-20)21-11-9-8-10-12-21)30(26(32)36-28(2,3)4)18-24(25)35-27(33)37-29(5,6)7/h8-16,23-25H,17-18H2,1-7H3/t23-,24+,25+/m1/s1. The van der Waals surface area contributed by atoms with E-state index in [0.29, 0.717) is 6.42 Å². The monoisotopic (exact) mass is 511 g/mol.